The molecular weight excluding hydrogens is 552 g/mol. The zero-order valence-corrected chi connectivity index (χ0v) is 24.2. The van der Waals surface area contributed by atoms with Crippen LogP contribution in [-0.4, -0.2) is 67.2 Å². The highest BCUT2D eigenvalue weighted by Gasteiger charge is 2.48. The average molecular weight is 589 g/mol. The summed E-state index contributed by atoms with van der Waals surface area (Å²) in [6.45, 7) is 4.90. The first-order valence-corrected chi connectivity index (χ1v) is 13.1. The second-order valence-corrected chi connectivity index (χ2v) is 9.13. The van der Waals surface area contributed by atoms with Gasteiger partial charge in [0.25, 0.3) is 0 Å². The van der Waals surface area contributed by atoms with Crippen LogP contribution in [0.5, 0.6) is 0 Å². The van der Waals surface area contributed by atoms with Crippen molar-refractivity contribution in [3.8, 4) is 0 Å². The summed E-state index contributed by atoms with van der Waals surface area (Å²) in [5.41, 5.74) is 1.50. The van der Waals surface area contributed by atoms with E-state index in [9.17, 15) is 24.0 Å². The van der Waals surface area contributed by atoms with E-state index in [1.165, 1.54) is 0 Å². The molecule has 0 aromatic heterocycles. The highest BCUT2D eigenvalue weighted by Crippen LogP contribution is 2.25. The Kier molecular flexibility index (Phi) is 14.1. The van der Waals surface area contributed by atoms with Gasteiger partial charge in [0.1, 0.15) is 6.61 Å². The molecule has 0 saturated heterocycles. The fourth-order valence-electron chi connectivity index (χ4n) is 3.88. The van der Waals surface area contributed by atoms with Crippen LogP contribution in [0, 0.1) is 0 Å². The molecule has 0 radical (unpaired) electrons. The number of benzene rings is 2. The van der Waals surface area contributed by atoms with E-state index in [0.29, 0.717) is 0 Å². The standard InChI is InChI=1S/C30H36O12/c1-19(31)36-18-26(39-20(2)32)27(40-21(3)33)28(41-22(4)34)29(42-23(5)35)30(37-16-24-12-8-6-9-13-24)38-17-25-14-10-7-11-15-25/h6-15,26-30H,16-18H2,1-5H3/t26-,27-,28+,29+/m1/s1. The number of hydrogen-bond acceptors (Lipinski definition) is 12. The molecule has 0 aliphatic carbocycles. The minimum absolute atomic E-state index is 0.0100. The van der Waals surface area contributed by atoms with Crippen molar-refractivity contribution < 1.29 is 57.1 Å². The quantitative estimate of drug-likeness (QED) is 0.161. The highest BCUT2D eigenvalue weighted by molar-refractivity contribution is 5.69. The molecule has 2 aromatic carbocycles. The van der Waals surface area contributed by atoms with Crippen LogP contribution in [-0.2, 0) is 70.3 Å². The van der Waals surface area contributed by atoms with E-state index in [-0.39, 0.29) is 13.2 Å². The monoisotopic (exact) mass is 588 g/mol. The van der Waals surface area contributed by atoms with Crippen LogP contribution in [0.25, 0.3) is 0 Å². The third-order valence-electron chi connectivity index (χ3n) is 5.47. The van der Waals surface area contributed by atoms with E-state index in [1.54, 1.807) is 48.5 Å². The molecule has 12 nitrogen and oxygen atoms in total. The average Bonchev–Trinajstić information content (AvgIpc) is 2.92. The predicted octanol–water partition coefficient (Wildman–Crippen LogP) is 3.04. The first-order chi connectivity index (χ1) is 20.0. The van der Waals surface area contributed by atoms with Crippen LogP contribution < -0.4 is 0 Å². The first kappa shape index (κ1) is 33.9. The van der Waals surface area contributed by atoms with Gasteiger partial charge in [0.2, 0.25) is 0 Å². The molecular formula is C30H36O12. The van der Waals surface area contributed by atoms with Crippen molar-refractivity contribution >= 4 is 29.8 Å². The van der Waals surface area contributed by atoms with Gasteiger partial charge in [-0.1, -0.05) is 60.7 Å². The number of carbonyl (C=O) groups is 5. The maximum absolute atomic E-state index is 12.4. The van der Waals surface area contributed by atoms with Crippen LogP contribution in [0.4, 0.5) is 0 Å². The van der Waals surface area contributed by atoms with Crippen LogP contribution in [0.15, 0.2) is 60.7 Å². The van der Waals surface area contributed by atoms with Gasteiger partial charge in [-0.3, -0.25) is 24.0 Å². The number of ether oxygens (including phenoxy) is 7. The number of rotatable bonds is 16. The third-order valence-corrected chi connectivity index (χ3v) is 5.47. The molecule has 0 heterocycles. The fraction of sp³-hybridized carbons (Fsp3) is 0.433. The maximum atomic E-state index is 12.4. The Labute approximate surface area is 244 Å². The summed E-state index contributed by atoms with van der Waals surface area (Å²) in [6, 6.07) is 18.1. The largest absolute Gasteiger partial charge is 0.462 e. The molecule has 2 rings (SSSR count). The molecule has 0 aliphatic heterocycles. The Morgan fingerprint density at radius 2 is 0.929 bits per heavy atom. The summed E-state index contributed by atoms with van der Waals surface area (Å²) in [5.74, 6) is -4.05. The number of esters is 5. The smallest absolute Gasteiger partial charge is 0.303 e. The van der Waals surface area contributed by atoms with Crippen molar-refractivity contribution in [2.45, 2.75) is 78.5 Å². The molecule has 0 aliphatic rings. The van der Waals surface area contributed by atoms with Crippen molar-refractivity contribution in [3.05, 3.63) is 71.8 Å². The Morgan fingerprint density at radius 1 is 0.524 bits per heavy atom. The van der Waals surface area contributed by atoms with Gasteiger partial charge in [0.15, 0.2) is 30.7 Å². The zero-order valence-electron chi connectivity index (χ0n) is 24.2. The molecule has 0 saturated carbocycles. The topological polar surface area (TPSA) is 150 Å². The number of hydrogen-bond donors (Lipinski definition) is 0. The Bertz CT molecular complexity index is 1120. The van der Waals surface area contributed by atoms with E-state index in [1.807, 2.05) is 12.1 Å². The van der Waals surface area contributed by atoms with Crippen LogP contribution in [0.2, 0.25) is 0 Å². The van der Waals surface area contributed by atoms with Gasteiger partial charge in [-0.05, 0) is 11.1 Å². The van der Waals surface area contributed by atoms with Crippen LogP contribution >= 0.6 is 0 Å². The summed E-state index contributed by atoms with van der Waals surface area (Å²) < 4.78 is 39.1. The van der Waals surface area contributed by atoms with Crippen molar-refractivity contribution in [1.29, 1.82) is 0 Å². The van der Waals surface area contributed by atoms with Crippen molar-refractivity contribution in [3.63, 3.8) is 0 Å². The molecule has 0 bridgehead atoms. The van der Waals surface area contributed by atoms with Gasteiger partial charge < -0.3 is 33.2 Å². The molecule has 0 spiro atoms. The van der Waals surface area contributed by atoms with E-state index >= 15 is 0 Å². The summed E-state index contributed by atoms with van der Waals surface area (Å²) in [7, 11) is 0. The van der Waals surface area contributed by atoms with Crippen molar-refractivity contribution in [1.82, 2.24) is 0 Å². The fourth-order valence-corrected chi connectivity index (χ4v) is 3.88. The normalized spacial score (nSPS) is 13.7. The van der Waals surface area contributed by atoms with Gasteiger partial charge in [-0.25, -0.2) is 0 Å². The summed E-state index contributed by atoms with van der Waals surface area (Å²) >= 11 is 0. The summed E-state index contributed by atoms with van der Waals surface area (Å²) in [6.07, 6.45) is -7.70. The third kappa shape index (κ3) is 12.5. The van der Waals surface area contributed by atoms with E-state index in [0.717, 1.165) is 45.7 Å². The molecule has 0 fully saturated rings. The van der Waals surface area contributed by atoms with Crippen LogP contribution in [0.1, 0.15) is 45.7 Å². The predicted molar refractivity (Wildman–Crippen MR) is 145 cm³/mol. The number of carbonyl (C=O) groups excluding carboxylic acids is 5. The molecule has 0 N–H and O–H groups in total. The minimum Gasteiger partial charge on any atom is -0.462 e. The lowest BCUT2D eigenvalue weighted by Crippen LogP contribution is -2.57. The summed E-state index contributed by atoms with van der Waals surface area (Å²) in [5, 5.41) is 0. The highest BCUT2D eigenvalue weighted by atomic mass is 16.7. The first-order valence-electron chi connectivity index (χ1n) is 13.1. The molecule has 0 amide bonds. The van der Waals surface area contributed by atoms with Gasteiger partial charge >= 0.3 is 29.8 Å². The van der Waals surface area contributed by atoms with Gasteiger partial charge in [0, 0.05) is 34.6 Å². The molecule has 4 atom stereocenters. The van der Waals surface area contributed by atoms with E-state index in [4.69, 9.17) is 33.2 Å². The molecule has 42 heavy (non-hydrogen) atoms. The molecule has 2 aromatic rings. The SMILES string of the molecule is CC(=O)OC[C@@H](OC(C)=O)[C@@H](OC(C)=O)[C@H](OC(C)=O)[C@H](OC(C)=O)C(OCc1ccccc1)OCc1ccccc1. The lowest BCUT2D eigenvalue weighted by atomic mass is 10.0. The van der Waals surface area contributed by atoms with Gasteiger partial charge in [-0.2, -0.15) is 0 Å². The second kappa shape index (κ2) is 17.5. The Hall–Kier alpha value is -4.29. The lowest BCUT2D eigenvalue weighted by Gasteiger charge is -2.38. The molecule has 228 valence electrons. The van der Waals surface area contributed by atoms with Gasteiger partial charge in [-0.15, -0.1) is 0 Å². The van der Waals surface area contributed by atoms with Gasteiger partial charge in [0.05, 0.1) is 13.2 Å². The Morgan fingerprint density at radius 3 is 1.33 bits per heavy atom. The van der Waals surface area contributed by atoms with Crippen LogP contribution in [0.3, 0.4) is 0 Å². The summed E-state index contributed by atoms with van der Waals surface area (Å²) in [4.78, 5) is 60.5. The molecule has 0 unspecified atom stereocenters. The Balaban J connectivity index is 2.60. The van der Waals surface area contributed by atoms with Crippen molar-refractivity contribution in [2.24, 2.45) is 0 Å². The molecule has 12 heteroatoms. The van der Waals surface area contributed by atoms with E-state index < -0.39 is 67.2 Å². The lowest BCUT2D eigenvalue weighted by molar-refractivity contribution is -0.256. The maximum Gasteiger partial charge on any atom is 0.303 e. The second-order valence-electron chi connectivity index (χ2n) is 9.13. The van der Waals surface area contributed by atoms with Crippen molar-refractivity contribution in [2.75, 3.05) is 6.61 Å². The zero-order chi connectivity index (χ0) is 31.1. The van der Waals surface area contributed by atoms with E-state index in [2.05, 4.69) is 0 Å². The minimum atomic E-state index is -1.65.